The summed E-state index contributed by atoms with van der Waals surface area (Å²) in [5.41, 5.74) is -1.98. The SMILES string of the molecule is COc1ccc(C(C(C)=O)C(=O)N2C(=O)N(C)[C@]3(C)N(C)C(=O)N[C@]23C)cc1. The average Bonchev–Trinajstić information content (AvgIpc) is 2.91. The lowest BCUT2D eigenvalue weighted by atomic mass is 9.91. The number of fused-ring (bicyclic) bond motifs is 1. The number of benzene rings is 1. The largest absolute Gasteiger partial charge is 0.497 e. The van der Waals surface area contributed by atoms with Crippen LogP contribution in [-0.4, -0.2) is 71.0 Å². The summed E-state index contributed by atoms with van der Waals surface area (Å²) in [6.07, 6.45) is 0. The smallest absolute Gasteiger partial charge is 0.330 e. The first kappa shape index (κ1) is 19.7. The van der Waals surface area contributed by atoms with Crippen LogP contribution >= 0.6 is 0 Å². The van der Waals surface area contributed by atoms with Gasteiger partial charge in [-0.15, -0.1) is 0 Å². The van der Waals surface area contributed by atoms with E-state index in [2.05, 4.69) is 5.32 Å². The molecule has 150 valence electrons. The van der Waals surface area contributed by atoms with Crippen molar-refractivity contribution in [3.63, 3.8) is 0 Å². The van der Waals surface area contributed by atoms with Gasteiger partial charge in [-0.3, -0.25) is 9.59 Å². The maximum absolute atomic E-state index is 13.5. The molecule has 1 unspecified atom stereocenters. The third kappa shape index (κ3) is 2.31. The number of rotatable bonds is 4. The zero-order valence-corrected chi connectivity index (χ0v) is 16.8. The number of carbonyl (C=O) groups excluding carboxylic acids is 4. The predicted molar refractivity (Wildman–Crippen MR) is 99.5 cm³/mol. The first-order valence-corrected chi connectivity index (χ1v) is 8.83. The summed E-state index contributed by atoms with van der Waals surface area (Å²) < 4.78 is 5.12. The zero-order chi connectivity index (χ0) is 21.0. The Hall–Kier alpha value is -3.10. The van der Waals surface area contributed by atoms with Crippen molar-refractivity contribution in [1.29, 1.82) is 0 Å². The molecule has 5 amide bonds. The molecule has 0 radical (unpaired) electrons. The van der Waals surface area contributed by atoms with E-state index in [1.165, 1.54) is 30.9 Å². The maximum Gasteiger partial charge on any atom is 0.330 e. The van der Waals surface area contributed by atoms with Gasteiger partial charge < -0.3 is 19.9 Å². The highest BCUT2D eigenvalue weighted by Crippen LogP contribution is 2.45. The monoisotopic (exact) mass is 388 g/mol. The third-order valence-corrected chi connectivity index (χ3v) is 6.13. The molecule has 28 heavy (non-hydrogen) atoms. The Balaban J connectivity index is 2.07. The third-order valence-electron chi connectivity index (χ3n) is 6.13. The summed E-state index contributed by atoms with van der Waals surface area (Å²) in [6, 6.07) is 5.54. The number of imide groups is 1. The summed E-state index contributed by atoms with van der Waals surface area (Å²) >= 11 is 0. The number of nitrogens with one attached hydrogen (secondary N) is 1. The van der Waals surface area contributed by atoms with Gasteiger partial charge in [0.2, 0.25) is 5.91 Å². The quantitative estimate of drug-likeness (QED) is 0.785. The number of ether oxygens (including phenoxy) is 1. The molecule has 9 heteroatoms. The molecule has 9 nitrogen and oxygen atoms in total. The van der Waals surface area contributed by atoms with E-state index in [1.54, 1.807) is 45.2 Å². The van der Waals surface area contributed by atoms with Crippen molar-refractivity contribution < 1.29 is 23.9 Å². The van der Waals surface area contributed by atoms with Crippen LogP contribution in [0.3, 0.4) is 0 Å². The molecule has 2 aliphatic rings. The highest BCUT2D eigenvalue weighted by molar-refractivity contribution is 6.12. The molecule has 2 aliphatic heterocycles. The summed E-state index contributed by atoms with van der Waals surface area (Å²) in [6.45, 7) is 4.61. The second-order valence-corrected chi connectivity index (χ2v) is 7.41. The first-order valence-electron chi connectivity index (χ1n) is 8.83. The number of nitrogens with zero attached hydrogens (tertiary/aromatic N) is 3. The van der Waals surface area contributed by atoms with E-state index in [0.717, 1.165) is 4.90 Å². The summed E-state index contributed by atoms with van der Waals surface area (Å²) in [5, 5.41) is 2.74. The number of carbonyl (C=O) groups is 4. The van der Waals surface area contributed by atoms with Gasteiger partial charge in [0.05, 0.1) is 7.11 Å². The molecule has 0 bridgehead atoms. The molecule has 1 aromatic carbocycles. The van der Waals surface area contributed by atoms with E-state index in [4.69, 9.17) is 4.74 Å². The van der Waals surface area contributed by atoms with Crippen molar-refractivity contribution in [3.8, 4) is 5.75 Å². The Kier molecular flexibility index (Phi) is 4.36. The van der Waals surface area contributed by atoms with E-state index in [-0.39, 0.29) is 0 Å². The summed E-state index contributed by atoms with van der Waals surface area (Å²) in [4.78, 5) is 54.9. The number of amides is 5. The number of Topliss-reactive ketones (excluding diaryl/α,β-unsaturated/α-hetero) is 1. The number of likely N-dealkylation sites (N-methyl/N-ethyl adjacent to an activating group) is 2. The van der Waals surface area contributed by atoms with E-state index in [1.807, 2.05) is 0 Å². The molecule has 0 aliphatic carbocycles. The van der Waals surface area contributed by atoms with Gasteiger partial charge in [-0.2, -0.15) is 0 Å². The molecule has 0 aromatic heterocycles. The van der Waals surface area contributed by atoms with Crippen LogP contribution in [-0.2, 0) is 9.59 Å². The average molecular weight is 388 g/mol. The fourth-order valence-electron chi connectivity index (χ4n) is 4.07. The van der Waals surface area contributed by atoms with Crippen LogP contribution in [0.1, 0.15) is 32.3 Å². The number of hydrogen-bond donors (Lipinski definition) is 1. The van der Waals surface area contributed by atoms with Gasteiger partial charge in [-0.25, -0.2) is 14.5 Å². The normalized spacial score (nSPS) is 27.6. The van der Waals surface area contributed by atoms with Crippen LogP contribution in [0.4, 0.5) is 9.59 Å². The number of ketones is 1. The van der Waals surface area contributed by atoms with Gasteiger partial charge in [-0.1, -0.05) is 12.1 Å². The zero-order valence-electron chi connectivity index (χ0n) is 16.8. The van der Waals surface area contributed by atoms with E-state index in [9.17, 15) is 19.2 Å². The van der Waals surface area contributed by atoms with E-state index >= 15 is 0 Å². The molecule has 1 aromatic rings. The second-order valence-electron chi connectivity index (χ2n) is 7.41. The van der Waals surface area contributed by atoms with Gasteiger partial charge in [0, 0.05) is 14.1 Å². The standard InChI is InChI=1S/C19H24N4O5/c1-11(24)14(12-7-9-13(28-6)10-8-12)15(25)23-17(27)22(5)19(3)18(23,2)20-16(26)21(19)4/h7-10,14H,1-6H3,(H,20,26)/t14?,18-,19+/m1/s1. The van der Waals surface area contributed by atoms with Crippen molar-refractivity contribution in [2.75, 3.05) is 21.2 Å². The lowest BCUT2D eigenvalue weighted by molar-refractivity contribution is -0.139. The lowest BCUT2D eigenvalue weighted by Gasteiger charge is -2.41. The predicted octanol–water partition coefficient (Wildman–Crippen LogP) is 1.35. The molecular weight excluding hydrogens is 364 g/mol. The minimum Gasteiger partial charge on any atom is -0.497 e. The van der Waals surface area contributed by atoms with Crippen LogP contribution in [0.25, 0.3) is 0 Å². The Morgan fingerprint density at radius 3 is 2.14 bits per heavy atom. The molecule has 2 fully saturated rings. The topological polar surface area (TPSA) is 99.3 Å². The molecule has 2 heterocycles. The van der Waals surface area contributed by atoms with Crippen LogP contribution < -0.4 is 10.1 Å². The summed E-state index contributed by atoms with van der Waals surface area (Å²) in [5.74, 6) is -1.68. The molecule has 0 saturated carbocycles. The van der Waals surface area contributed by atoms with Gasteiger partial charge in [-0.05, 0) is 38.5 Å². The van der Waals surface area contributed by atoms with E-state index < -0.39 is 41.0 Å². The Morgan fingerprint density at radius 2 is 1.64 bits per heavy atom. The van der Waals surface area contributed by atoms with Gasteiger partial charge >= 0.3 is 12.1 Å². The van der Waals surface area contributed by atoms with Crippen molar-refractivity contribution >= 4 is 23.8 Å². The minimum absolute atomic E-state index is 0.402. The van der Waals surface area contributed by atoms with Gasteiger partial charge in [0.1, 0.15) is 17.5 Å². The molecular formula is C19H24N4O5. The minimum atomic E-state index is -1.33. The van der Waals surface area contributed by atoms with Crippen molar-refractivity contribution in [2.45, 2.75) is 38.0 Å². The van der Waals surface area contributed by atoms with Gasteiger partial charge in [0.15, 0.2) is 11.3 Å². The molecule has 3 rings (SSSR count). The Morgan fingerprint density at radius 1 is 1.07 bits per heavy atom. The molecule has 1 N–H and O–H groups in total. The van der Waals surface area contributed by atoms with Crippen LogP contribution in [0.2, 0.25) is 0 Å². The maximum atomic E-state index is 13.5. The van der Waals surface area contributed by atoms with Crippen molar-refractivity contribution in [2.24, 2.45) is 0 Å². The second kappa shape index (κ2) is 6.22. The fourth-order valence-corrected chi connectivity index (χ4v) is 4.07. The molecule has 3 atom stereocenters. The Labute approximate surface area is 163 Å². The van der Waals surface area contributed by atoms with Crippen molar-refractivity contribution in [3.05, 3.63) is 29.8 Å². The Bertz CT molecular complexity index is 870. The van der Waals surface area contributed by atoms with Crippen molar-refractivity contribution in [1.82, 2.24) is 20.0 Å². The number of methoxy groups -OCH3 is 1. The van der Waals surface area contributed by atoms with E-state index in [0.29, 0.717) is 11.3 Å². The highest BCUT2D eigenvalue weighted by atomic mass is 16.5. The fraction of sp³-hybridized carbons (Fsp3) is 0.474. The van der Waals surface area contributed by atoms with Gasteiger partial charge in [0.25, 0.3) is 0 Å². The van der Waals surface area contributed by atoms with Crippen LogP contribution in [0, 0.1) is 0 Å². The number of hydrogen-bond acceptors (Lipinski definition) is 5. The first-order chi connectivity index (χ1) is 13.0. The van der Waals surface area contributed by atoms with Crippen LogP contribution in [0.5, 0.6) is 5.75 Å². The molecule has 0 spiro atoms. The molecule has 2 saturated heterocycles. The highest BCUT2D eigenvalue weighted by Gasteiger charge is 2.71. The summed E-state index contributed by atoms with van der Waals surface area (Å²) in [7, 11) is 4.60. The van der Waals surface area contributed by atoms with Crippen LogP contribution in [0.15, 0.2) is 24.3 Å². The number of urea groups is 2. The lowest BCUT2D eigenvalue weighted by Crippen LogP contribution is -2.64.